The van der Waals surface area contributed by atoms with Gasteiger partial charge in [0.05, 0.1) is 24.5 Å². The predicted molar refractivity (Wildman–Crippen MR) is 82.4 cm³/mol. The number of ether oxygens (including phenoxy) is 1. The van der Waals surface area contributed by atoms with Crippen LogP contribution in [-0.2, 0) is 10.9 Å². The monoisotopic (exact) mass is 364 g/mol. The number of oxime groups is 1. The van der Waals surface area contributed by atoms with E-state index in [1.807, 2.05) is 6.07 Å². The van der Waals surface area contributed by atoms with E-state index in [2.05, 4.69) is 19.9 Å². The third kappa shape index (κ3) is 4.76. The molecule has 0 radical (unpaired) electrons. The Labute approximate surface area is 145 Å². The van der Waals surface area contributed by atoms with Gasteiger partial charge in [0, 0.05) is 6.20 Å². The highest BCUT2D eigenvalue weighted by molar-refractivity contribution is 5.90. The summed E-state index contributed by atoms with van der Waals surface area (Å²) >= 11 is 0. The predicted octanol–water partition coefficient (Wildman–Crippen LogP) is 2.96. The highest BCUT2D eigenvalue weighted by Gasteiger charge is 2.39. The van der Waals surface area contributed by atoms with Gasteiger partial charge in [0.15, 0.2) is 5.69 Å². The second-order valence-electron chi connectivity index (χ2n) is 4.69. The van der Waals surface area contributed by atoms with Gasteiger partial charge < -0.3 is 9.57 Å². The first-order valence-corrected chi connectivity index (χ1v) is 7.17. The number of alkyl halides is 3. The molecule has 0 saturated heterocycles. The smallest absolute Gasteiger partial charge is 0.434 e. The molecule has 2 aromatic rings. The summed E-state index contributed by atoms with van der Waals surface area (Å²) in [5.41, 5.74) is -1.31. The number of hydrogen-bond acceptors (Lipinski definition) is 7. The maximum absolute atomic E-state index is 13.1. The van der Waals surface area contributed by atoms with Crippen molar-refractivity contribution in [2.45, 2.75) is 13.1 Å². The second kappa shape index (κ2) is 8.06. The molecular formula is C16H11F3N4O3. The molecule has 0 unspecified atom stereocenters. The Balaban J connectivity index is 2.20. The molecule has 134 valence electrons. The van der Waals surface area contributed by atoms with Crippen molar-refractivity contribution in [3.8, 4) is 12.1 Å². The topological polar surface area (TPSA) is 97.5 Å². The van der Waals surface area contributed by atoms with Gasteiger partial charge in [-0.2, -0.15) is 23.4 Å². The Morgan fingerprint density at radius 3 is 2.62 bits per heavy atom. The summed E-state index contributed by atoms with van der Waals surface area (Å²) in [6.07, 6.45) is -3.03. The van der Waals surface area contributed by atoms with Gasteiger partial charge in [-0.15, -0.1) is 0 Å². The van der Waals surface area contributed by atoms with Gasteiger partial charge in [0.25, 0.3) is 0 Å². The third-order valence-corrected chi connectivity index (χ3v) is 2.91. The fourth-order valence-corrected chi connectivity index (χ4v) is 1.76. The Morgan fingerprint density at radius 2 is 2.04 bits per heavy atom. The molecule has 0 aliphatic carbocycles. The Morgan fingerprint density at radius 1 is 1.35 bits per heavy atom. The van der Waals surface area contributed by atoms with E-state index in [0.717, 1.165) is 0 Å². The molecular weight excluding hydrogens is 353 g/mol. The van der Waals surface area contributed by atoms with E-state index in [9.17, 15) is 18.0 Å². The normalized spacial score (nSPS) is 11.2. The number of carbonyl (C=O) groups is 1. The molecule has 0 spiro atoms. The number of hydrogen-bond donors (Lipinski definition) is 0. The average molecular weight is 364 g/mol. The number of carbonyl (C=O) groups excluding carboxylic acids is 1. The van der Waals surface area contributed by atoms with E-state index in [1.165, 1.54) is 25.3 Å². The SMILES string of the molecule is CCOC(=O)c1cnc(O/N=C\c2ccc(C#N)cc2)nc1C(F)(F)F. The number of halogens is 3. The molecule has 0 N–H and O–H groups in total. The van der Waals surface area contributed by atoms with Crippen LogP contribution in [0.2, 0.25) is 0 Å². The quantitative estimate of drug-likeness (QED) is 0.460. The lowest BCUT2D eigenvalue weighted by Gasteiger charge is -2.10. The van der Waals surface area contributed by atoms with Gasteiger partial charge in [-0.1, -0.05) is 17.3 Å². The standard InChI is InChI=1S/C16H11F3N4O3/c1-2-25-14(24)12-9-21-15(23-13(12)16(17,18)19)26-22-8-11-5-3-10(7-20)4-6-11/h3-6,8-9H,2H2,1H3/b22-8-. The zero-order chi connectivity index (χ0) is 19.2. The second-order valence-corrected chi connectivity index (χ2v) is 4.69. The minimum absolute atomic E-state index is 0.0940. The van der Waals surface area contributed by atoms with Crippen molar-refractivity contribution in [1.29, 1.82) is 5.26 Å². The minimum Gasteiger partial charge on any atom is -0.462 e. The molecule has 0 bridgehead atoms. The largest absolute Gasteiger partial charge is 0.462 e. The van der Waals surface area contributed by atoms with Gasteiger partial charge in [0.1, 0.15) is 5.56 Å². The van der Waals surface area contributed by atoms with Crippen LogP contribution in [0.15, 0.2) is 35.6 Å². The van der Waals surface area contributed by atoms with Crippen LogP contribution in [-0.4, -0.2) is 28.8 Å². The van der Waals surface area contributed by atoms with Crippen LogP contribution in [0.25, 0.3) is 0 Å². The molecule has 1 aromatic carbocycles. The molecule has 1 aromatic heterocycles. The highest BCUT2D eigenvalue weighted by atomic mass is 19.4. The summed E-state index contributed by atoms with van der Waals surface area (Å²) in [5, 5.41) is 12.2. The van der Waals surface area contributed by atoms with Gasteiger partial charge in [-0.25, -0.2) is 9.78 Å². The summed E-state index contributed by atoms with van der Waals surface area (Å²) in [5.74, 6) is -1.19. The highest BCUT2D eigenvalue weighted by Crippen LogP contribution is 2.31. The van der Waals surface area contributed by atoms with Crippen LogP contribution in [0, 0.1) is 11.3 Å². The Kier molecular flexibility index (Phi) is 5.85. The zero-order valence-electron chi connectivity index (χ0n) is 13.3. The number of nitriles is 1. The molecule has 1 heterocycles. The summed E-state index contributed by atoms with van der Waals surface area (Å²) in [4.78, 5) is 23.0. The molecule has 7 nitrogen and oxygen atoms in total. The molecule has 26 heavy (non-hydrogen) atoms. The van der Waals surface area contributed by atoms with Crippen LogP contribution in [0.5, 0.6) is 6.01 Å². The van der Waals surface area contributed by atoms with Gasteiger partial charge in [0.2, 0.25) is 0 Å². The number of rotatable bonds is 5. The molecule has 0 aliphatic rings. The van der Waals surface area contributed by atoms with Crippen LogP contribution < -0.4 is 4.84 Å². The van der Waals surface area contributed by atoms with Crippen molar-refractivity contribution < 1.29 is 27.5 Å². The van der Waals surface area contributed by atoms with Crippen LogP contribution in [0.3, 0.4) is 0 Å². The van der Waals surface area contributed by atoms with Crippen molar-refractivity contribution >= 4 is 12.2 Å². The maximum atomic E-state index is 13.1. The fourth-order valence-electron chi connectivity index (χ4n) is 1.76. The molecule has 2 rings (SSSR count). The number of esters is 1. The van der Waals surface area contributed by atoms with E-state index in [4.69, 9.17) is 10.1 Å². The van der Waals surface area contributed by atoms with E-state index in [-0.39, 0.29) is 6.61 Å². The lowest BCUT2D eigenvalue weighted by atomic mass is 10.2. The Bertz CT molecular complexity index is 859. The van der Waals surface area contributed by atoms with E-state index in [1.54, 1.807) is 12.1 Å². The van der Waals surface area contributed by atoms with Crippen LogP contribution in [0.4, 0.5) is 13.2 Å². The van der Waals surface area contributed by atoms with Crippen LogP contribution >= 0.6 is 0 Å². The molecule has 0 saturated carbocycles. The first-order chi connectivity index (χ1) is 12.3. The third-order valence-electron chi connectivity index (χ3n) is 2.91. The van der Waals surface area contributed by atoms with Crippen LogP contribution in [0.1, 0.15) is 34.1 Å². The number of nitrogens with zero attached hydrogens (tertiary/aromatic N) is 4. The molecule has 0 amide bonds. The average Bonchev–Trinajstić information content (AvgIpc) is 2.61. The van der Waals surface area contributed by atoms with Crippen molar-refractivity contribution in [2.75, 3.05) is 6.61 Å². The molecule has 10 heteroatoms. The minimum atomic E-state index is -4.90. The Hall–Kier alpha value is -3.48. The van der Waals surface area contributed by atoms with Crippen molar-refractivity contribution in [3.05, 3.63) is 52.8 Å². The van der Waals surface area contributed by atoms with Gasteiger partial charge >= 0.3 is 18.2 Å². The summed E-state index contributed by atoms with van der Waals surface area (Å²) in [6.45, 7) is 1.37. The number of aromatic nitrogens is 2. The first-order valence-electron chi connectivity index (χ1n) is 7.17. The maximum Gasteiger partial charge on any atom is 0.434 e. The van der Waals surface area contributed by atoms with Gasteiger partial charge in [-0.3, -0.25) is 0 Å². The van der Waals surface area contributed by atoms with E-state index >= 15 is 0 Å². The lowest BCUT2D eigenvalue weighted by Crippen LogP contribution is -2.18. The van der Waals surface area contributed by atoms with Gasteiger partial charge in [-0.05, 0) is 24.6 Å². The van der Waals surface area contributed by atoms with E-state index in [0.29, 0.717) is 17.3 Å². The first kappa shape index (κ1) is 18.9. The van der Waals surface area contributed by atoms with Crippen molar-refractivity contribution in [2.24, 2.45) is 5.16 Å². The fraction of sp³-hybridized carbons (Fsp3) is 0.188. The molecule has 0 fully saturated rings. The lowest BCUT2D eigenvalue weighted by molar-refractivity contribution is -0.142. The zero-order valence-corrected chi connectivity index (χ0v) is 13.3. The molecule has 0 aliphatic heterocycles. The summed E-state index contributed by atoms with van der Waals surface area (Å²) < 4.78 is 43.8. The molecule has 0 atom stereocenters. The summed E-state index contributed by atoms with van der Waals surface area (Å²) in [6, 6.07) is 7.46. The van der Waals surface area contributed by atoms with Crippen molar-refractivity contribution in [3.63, 3.8) is 0 Å². The van der Waals surface area contributed by atoms with E-state index < -0.39 is 29.4 Å². The van der Waals surface area contributed by atoms with Crippen molar-refractivity contribution in [1.82, 2.24) is 9.97 Å². The number of benzene rings is 1. The summed E-state index contributed by atoms with van der Waals surface area (Å²) in [7, 11) is 0.